The number of hydrogen-bond donors (Lipinski definition) is 1. The van der Waals surface area contributed by atoms with Gasteiger partial charge in [0.05, 0.1) is 15.3 Å². The van der Waals surface area contributed by atoms with Gasteiger partial charge in [-0.05, 0) is 24.6 Å². The molecule has 3 rings (SSSR count). The summed E-state index contributed by atoms with van der Waals surface area (Å²) in [4.78, 5) is 18.1. The van der Waals surface area contributed by atoms with E-state index in [1.807, 2.05) is 0 Å². The van der Waals surface area contributed by atoms with Crippen LogP contribution in [0, 0.1) is 0 Å². The summed E-state index contributed by atoms with van der Waals surface area (Å²) in [5, 5.41) is 7.95. The van der Waals surface area contributed by atoms with Crippen LogP contribution in [-0.2, 0) is 4.79 Å². The molecule has 1 atom stereocenters. The van der Waals surface area contributed by atoms with Gasteiger partial charge in [0, 0.05) is 12.2 Å². The highest BCUT2D eigenvalue weighted by Gasteiger charge is 2.34. The van der Waals surface area contributed by atoms with Crippen molar-refractivity contribution in [1.29, 1.82) is 0 Å². The number of carbonyl (C=O) groups is 1. The maximum Gasteiger partial charge on any atom is 0.240 e. The zero-order valence-electron chi connectivity index (χ0n) is 10.2. The lowest BCUT2D eigenvalue weighted by Crippen LogP contribution is -2.28. The Labute approximate surface area is 129 Å². The number of anilines is 1. The summed E-state index contributed by atoms with van der Waals surface area (Å²) in [6, 6.07) is 5.21. The quantitative estimate of drug-likeness (QED) is 0.940. The number of H-pyrrole nitrogens is 1. The van der Waals surface area contributed by atoms with Crippen molar-refractivity contribution in [3.8, 4) is 0 Å². The molecule has 1 N–H and O–H groups in total. The smallest absolute Gasteiger partial charge is 0.240 e. The number of benzene rings is 1. The molecular formula is C12H10Cl2N4OS. The van der Waals surface area contributed by atoms with Gasteiger partial charge in [-0.1, -0.05) is 35.0 Å². The molecule has 20 heavy (non-hydrogen) atoms. The molecule has 2 heterocycles. The predicted molar refractivity (Wildman–Crippen MR) is 79.5 cm³/mol. The van der Waals surface area contributed by atoms with Crippen molar-refractivity contribution in [2.75, 3.05) is 11.4 Å². The summed E-state index contributed by atoms with van der Waals surface area (Å²) >= 11 is 13.3. The first-order valence-electron chi connectivity index (χ1n) is 5.93. The summed E-state index contributed by atoms with van der Waals surface area (Å²) in [5.41, 5.74) is 0.769. The Hall–Kier alpha value is -1.24. The molecule has 1 aliphatic heterocycles. The Balaban J connectivity index is 1.76. The Bertz CT molecular complexity index is 634. The van der Waals surface area contributed by atoms with Crippen LogP contribution in [0.1, 0.15) is 6.42 Å². The third-order valence-electron chi connectivity index (χ3n) is 3.02. The van der Waals surface area contributed by atoms with Crippen molar-refractivity contribution in [2.24, 2.45) is 0 Å². The van der Waals surface area contributed by atoms with E-state index in [9.17, 15) is 4.79 Å². The lowest BCUT2D eigenvalue weighted by Gasteiger charge is -2.17. The largest absolute Gasteiger partial charge is 0.311 e. The number of nitrogens with zero attached hydrogens (tertiary/aromatic N) is 3. The number of rotatable bonds is 3. The molecule has 2 aromatic rings. The van der Waals surface area contributed by atoms with Gasteiger partial charge in [-0.25, -0.2) is 4.98 Å². The van der Waals surface area contributed by atoms with Crippen molar-refractivity contribution in [1.82, 2.24) is 15.2 Å². The molecule has 0 unspecified atom stereocenters. The first-order chi connectivity index (χ1) is 9.65. The Morgan fingerprint density at radius 3 is 2.90 bits per heavy atom. The van der Waals surface area contributed by atoms with E-state index in [1.165, 1.54) is 18.1 Å². The molecule has 1 amide bonds. The first-order valence-corrected chi connectivity index (χ1v) is 7.57. The van der Waals surface area contributed by atoms with Crippen LogP contribution in [0.2, 0.25) is 10.0 Å². The summed E-state index contributed by atoms with van der Waals surface area (Å²) in [6.45, 7) is 0.655. The molecule has 8 heteroatoms. The molecule has 0 spiro atoms. The standard InChI is InChI=1S/C12H10Cl2N4OS/c13-8-2-1-7(5-9(8)14)18-4-3-10(11(18)19)20-12-15-6-16-17-12/h1-2,5-6,10H,3-4H2,(H,15,16,17)/t10-/m0/s1. The number of halogens is 2. The van der Waals surface area contributed by atoms with E-state index in [0.717, 1.165) is 12.1 Å². The molecule has 0 saturated carbocycles. The molecule has 0 aliphatic carbocycles. The fraction of sp³-hybridized carbons (Fsp3) is 0.250. The maximum absolute atomic E-state index is 12.4. The minimum Gasteiger partial charge on any atom is -0.311 e. The van der Waals surface area contributed by atoms with Crippen LogP contribution in [0.3, 0.4) is 0 Å². The van der Waals surface area contributed by atoms with Crippen LogP contribution in [0.25, 0.3) is 0 Å². The lowest BCUT2D eigenvalue weighted by molar-refractivity contribution is -0.116. The van der Waals surface area contributed by atoms with Gasteiger partial charge in [-0.15, -0.1) is 0 Å². The van der Waals surface area contributed by atoms with Crippen molar-refractivity contribution in [3.05, 3.63) is 34.6 Å². The molecule has 1 fully saturated rings. The van der Waals surface area contributed by atoms with Gasteiger partial charge in [0.2, 0.25) is 5.91 Å². The van der Waals surface area contributed by atoms with Gasteiger partial charge >= 0.3 is 0 Å². The second-order valence-electron chi connectivity index (χ2n) is 4.27. The van der Waals surface area contributed by atoms with Crippen molar-refractivity contribution in [3.63, 3.8) is 0 Å². The zero-order valence-corrected chi connectivity index (χ0v) is 12.5. The average molecular weight is 329 g/mol. The van der Waals surface area contributed by atoms with E-state index in [0.29, 0.717) is 21.7 Å². The number of amides is 1. The lowest BCUT2D eigenvalue weighted by atomic mass is 10.3. The van der Waals surface area contributed by atoms with Crippen LogP contribution in [0.4, 0.5) is 5.69 Å². The average Bonchev–Trinajstić information content (AvgIpc) is 3.05. The molecular weight excluding hydrogens is 319 g/mol. The van der Waals surface area contributed by atoms with Crippen LogP contribution < -0.4 is 4.90 Å². The van der Waals surface area contributed by atoms with E-state index < -0.39 is 0 Å². The van der Waals surface area contributed by atoms with E-state index in [4.69, 9.17) is 23.2 Å². The van der Waals surface area contributed by atoms with Gasteiger partial charge < -0.3 is 4.90 Å². The normalized spacial score (nSPS) is 18.8. The number of thioether (sulfide) groups is 1. The van der Waals surface area contributed by atoms with Gasteiger partial charge in [-0.3, -0.25) is 9.89 Å². The number of aromatic amines is 1. The Morgan fingerprint density at radius 1 is 1.35 bits per heavy atom. The predicted octanol–water partition coefficient (Wildman–Crippen LogP) is 3.01. The summed E-state index contributed by atoms with van der Waals surface area (Å²) < 4.78 is 0. The monoisotopic (exact) mass is 328 g/mol. The Morgan fingerprint density at radius 2 is 2.20 bits per heavy atom. The number of nitrogens with one attached hydrogen (secondary N) is 1. The molecule has 104 valence electrons. The number of hydrogen-bond acceptors (Lipinski definition) is 4. The molecule has 1 aromatic heterocycles. The van der Waals surface area contributed by atoms with Crippen LogP contribution in [0.15, 0.2) is 29.7 Å². The van der Waals surface area contributed by atoms with Crippen LogP contribution in [-0.4, -0.2) is 32.9 Å². The number of carbonyl (C=O) groups excluding carboxylic acids is 1. The van der Waals surface area contributed by atoms with E-state index in [2.05, 4.69) is 15.2 Å². The van der Waals surface area contributed by atoms with Crippen molar-refractivity contribution in [2.45, 2.75) is 16.8 Å². The van der Waals surface area contributed by atoms with E-state index in [1.54, 1.807) is 23.1 Å². The third kappa shape index (κ3) is 2.63. The van der Waals surface area contributed by atoms with Gasteiger partial charge in [0.1, 0.15) is 6.33 Å². The molecule has 1 aliphatic rings. The van der Waals surface area contributed by atoms with Crippen molar-refractivity contribution >= 4 is 46.6 Å². The zero-order chi connectivity index (χ0) is 14.1. The van der Waals surface area contributed by atoms with Gasteiger partial charge in [-0.2, -0.15) is 5.10 Å². The van der Waals surface area contributed by atoms with Gasteiger partial charge in [0.25, 0.3) is 0 Å². The Kier molecular flexibility index (Phi) is 3.87. The van der Waals surface area contributed by atoms with Crippen LogP contribution >= 0.6 is 35.0 Å². The van der Waals surface area contributed by atoms with Gasteiger partial charge in [0.15, 0.2) is 5.16 Å². The molecule has 1 aromatic carbocycles. The highest BCUT2D eigenvalue weighted by atomic mass is 35.5. The first kappa shape index (κ1) is 13.7. The highest BCUT2D eigenvalue weighted by molar-refractivity contribution is 8.00. The minimum atomic E-state index is -0.155. The molecule has 5 nitrogen and oxygen atoms in total. The third-order valence-corrected chi connectivity index (χ3v) is 4.90. The SMILES string of the molecule is O=C1[C@@H](Sc2ncn[nH]2)CCN1c1ccc(Cl)c(Cl)c1. The summed E-state index contributed by atoms with van der Waals surface area (Å²) in [5.74, 6) is 0.0461. The topological polar surface area (TPSA) is 61.9 Å². The summed E-state index contributed by atoms with van der Waals surface area (Å²) in [6.07, 6.45) is 2.18. The minimum absolute atomic E-state index is 0.0461. The fourth-order valence-corrected chi connectivity index (χ4v) is 3.28. The second-order valence-corrected chi connectivity index (χ2v) is 6.28. The second kappa shape index (κ2) is 5.63. The highest BCUT2D eigenvalue weighted by Crippen LogP contribution is 2.33. The maximum atomic E-state index is 12.4. The van der Waals surface area contributed by atoms with E-state index >= 15 is 0 Å². The number of aromatic nitrogens is 3. The van der Waals surface area contributed by atoms with Crippen molar-refractivity contribution < 1.29 is 4.79 Å². The molecule has 0 bridgehead atoms. The fourth-order valence-electron chi connectivity index (χ4n) is 2.06. The molecule has 1 saturated heterocycles. The molecule has 0 radical (unpaired) electrons. The summed E-state index contributed by atoms with van der Waals surface area (Å²) in [7, 11) is 0. The van der Waals surface area contributed by atoms with Crippen LogP contribution in [0.5, 0.6) is 0 Å². The van der Waals surface area contributed by atoms with E-state index in [-0.39, 0.29) is 11.2 Å².